The molecule has 0 saturated heterocycles. The summed E-state index contributed by atoms with van der Waals surface area (Å²) in [5.74, 6) is 0.000571. The van der Waals surface area contributed by atoms with E-state index in [-0.39, 0.29) is 81.1 Å². The third kappa shape index (κ3) is 15.2. The minimum absolute atomic E-state index is 0. The third-order valence-electron chi connectivity index (χ3n) is 6.50. The first-order valence-corrected chi connectivity index (χ1v) is 16.4. The Morgan fingerprint density at radius 1 is 0.564 bits per heavy atom. The quantitative estimate of drug-likeness (QED) is 0.104. The molecule has 0 bridgehead atoms. The fourth-order valence-corrected chi connectivity index (χ4v) is 5.87. The molecule has 7 nitrogen and oxygen atoms in total. The van der Waals surface area contributed by atoms with Gasteiger partial charge in [-0.05, 0) is 37.1 Å². The maximum absolute atomic E-state index is 12.0. The van der Waals surface area contributed by atoms with Gasteiger partial charge in [-0.1, -0.05) is 109 Å². The van der Waals surface area contributed by atoms with E-state index < -0.39 is 25.1 Å². The Morgan fingerprint density at radius 3 is 1.46 bits per heavy atom. The summed E-state index contributed by atoms with van der Waals surface area (Å²) in [4.78, 5) is -0.682. The van der Waals surface area contributed by atoms with Gasteiger partial charge in [-0.25, -0.2) is 0 Å². The van der Waals surface area contributed by atoms with E-state index in [1.807, 2.05) is 0 Å². The molecule has 2 aromatic carbocycles. The van der Waals surface area contributed by atoms with Gasteiger partial charge in [0.25, 0.3) is 20.2 Å². The molecular weight excluding hydrogens is 558 g/mol. The van der Waals surface area contributed by atoms with Gasteiger partial charge in [0.2, 0.25) is 0 Å². The zero-order valence-electron chi connectivity index (χ0n) is 21.9. The zero-order chi connectivity index (χ0) is 27.2. The second-order valence-electron chi connectivity index (χ2n) is 9.58. The molecule has 0 aliphatic carbocycles. The third-order valence-corrected chi connectivity index (χ3v) is 8.33. The molecule has 39 heavy (non-hydrogen) atoms. The van der Waals surface area contributed by atoms with Crippen LogP contribution in [0.4, 0.5) is 0 Å². The van der Waals surface area contributed by atoms with Crippen molar-refractivity contribution in [3.63, 3.8) is 0 Å². The van der Waals surface area contributed by atoms with Crippen molar-refractivity contribution in [3.05, 3.63) is 48.0 Å². The SMILES string of the molecule is CCCCCCCCCCCCCCCCc1c(Oc2ccccc2S(=O)(=O)O)cccc1S(=O)(=O)O.[NaH].[NaH]. The predicted molar refractivity (Wildman–Crippen MR) is 161 cm³/mol. The Morgan fingerprint density at radius 2 is 0.974 bits per heavy atom. The van der Waals surface area contributed by atoms with E-state index in [2.05, 4.69) is 6.92 Å². The van der Waals surface area contributed by atoms with Crippen LogP contribution in [-0.2, 0) is 26.7 Å². The van der Waals surface area contributed by atoms with Crippen LogP contribution in [0, 0.1) is 0 Å². The summed E-state index contributed by atoms with van der Waals surface area (Å²) in [7, 11) is -9.04. The first kappa shape index (κ1) is 39.1. The normalized spacial score (nSPS) is 11.5. The number of hydrogen-bond acceptors (Lipinski definition) is 5. The molecule has 2 aromatic rings. The van der Waals surface area contributed by atoms with Gasteiger partial charge in [-0.3, -0.25) is 9.11 Å². The molecule has 0 fully saturated rings. The summed E-state index contributed by atoms with van der Waals surface area (Å²) in [6.07, 6.45) is 17.1. The zero-order valence-corrected chi connectivity index (χ0v) is 23.5. The van der Waals surface area contributed by atoms with Crippen LogP contribution in [0.25, 0.3) is 0 Å². The standard InChI is InChI=1S/C28H42O7S2.2Na.2H/c1-2-3-4-5-6-7-8-9-10-11-12-13-14-15-19-24-25(21-18-23-27(24)36(29,30)31)35-26-20-16-17-22-28(26)37(32,33)34;;;;/h16-18,20-23H,2-15,19H2,1H3,(H,29,30,31)(H,32,33,34);;;;. The molecule has 2 N–H and O–H groups in total. The topological polar surface area (TPSA) is 118 Å². The molecule has 0 spiro atoms. The van der Waals surface area contributed by atoms with Gasteiger partial charge in [-0.15, -0.1) is 0 Å². The van der Waals surface area contributed by atoms with Crippen LogP contribution in [0.3, 0.4) is 0 Å². The van der Waals surface area contributed by atoms with Crippen molar-refractivity contribution in [2.45, 2.75) is 113 Å². The average Bonchev–Trinajstić information content (AvgIpc) is 2.84. The molecule has 0 saturated carbocycles. The Kier molecular flexibility index (Phi) is 20.9. The van der Waals surface area contributed by atoms with E-state index in [4.69, 9.17) is 4.74 Å². The van der Waals surface area contributed by atoms with Crippen molar-refractivity contribution in [3.8, 4) is 11.5 Å². The van der Waals surface area contributed by atoms with Gasteiger partial charge >= 0.3 is 59.1 Å². The molecule has 0 unspecified atom stereocenters. The number of ether oxygens (including phenoxy) is 1. The van der Waals surface area contributed by atoms with Crippen LogP contribution in [-0.4, -0.2) is 85.1 Å². The second-order valence-corrected chi connectivity index (χ2v) is 12.4. The van der Waals surface area contributed by atoms with E-state index in [9.17, 15) is 25.9 Å². The van der Waals surface area contributed by atoms with Crippen molar-refractivity contribution in [1.29, 1.82) is 0 Å². The van der Waals surface area contributed by atoms with Crippen LogP contribution >= 0.6 is 0 Å². The summed E-state index contributed by atoms with van der Waals surface area (Å²) in [5, 5.41) is 0. The van der Waals surface area contributed by atoms with Gasteiger partial charge in [0.05, 0.1) is 0 Å². The van der Waals surface area contributed by atoms with Crippen LogP contribution < -0.4 is 4.74 Å². The molecule has 0 amide bonds. The number of unbranched alkanes of at least 4 members (excludes halogenated alkanes) is 13. The number of para-hydroxylation sites is 1. The summed E-state index contributed by atoms with van der Waals surface area (Å²) >= 11 is 0. The van der Waals surface area contributed by atoms with Crippen LogP contribution in [0.2, 0.25) is 0 Å². The van der Waals surface area contributed by atoms with Crippen molar-refractivity contribution < 1.29 is 30.7 Å². The molecule has 0 aromatic heterocycles. The molecule has 0 heterocycles. The minimum atomic E-state index is -4.54. The number of benzene rings is 2. The molecule has 212 valence electrons. The van der Waals surface area contributed by atoms with Crippen LogP contribution in [0.15, 0.2) is 52.3 Å². The molecule has 0 radical (unpaired) electrons. The fourth-order valence-electron chi connectivity index (χ4n) is 4.49. The van der Waals surface area contributed by atoms with Crippen molar-refractivity contribution in [2.75, 3.05) is 0 Å². The first-order valence-electron chi connectivity index (χ1n) is 13.5. The molecule has 0 aliphatic heterocycles. The van der Waals surface area contributed by atoms with E-state index >= 15 is 0 Å². The van der Waals surface area contributed by atoms with Crippen LogP contribution in [0.5, 0.6) is 11.5 Å². The Labute approximate surface area is 280 Å². The van der Waals surface area contributed by atoms with E-state index in [1.54, 1.807) is 6.07 Å². The Hall–Kier alpha value is 0.0600. The van der Waals surface area contributed by atoms with Crippen molar-refractivity contribution in [2.24, 2.45) is 0 Å². The molecular formula is C28H44Na2O7S2. The average molecular weight is 603 g/mol. The molecule has 0 atom stereocenters. The summed E-state index contributed by atoms with van der Waals surface area (Å²) in [5.41, 5.74) is 0.286. The van der Waals surface area contributed by atoms with E-state index in [0.29, 0.717) is 12.8 Å². The van der Waals surface area contributed by atoms with Gasteiger partial charge in [0.1, 0.15) is 21.3 Å². The molecule has 2 rings (SSSR count). The molecule has 0 aliphatic rings. The number of rotatable bonds is 19. The van der Waals surface area contributed by atoms with Crippen molar-refractivity contribution >= 4 is 79.4 Å². The van der Waals surface area contributed by atoms with Crippen molar-refractivity contribution in [1.82, 2.24) is 0 Å². The van der Waals surface area contributed by atoms with Gasteiger partial charge < -0.3 is 4.74 Å². The monoisotopic (exact) mass is 602 g/mol. The Bertz CT molecular complexity index is 1170. The summed E-state index contributed by atoms with van der Waals surface area (Å²) in [6, 6.07) is 9.81. The first-order chi connectivity index (χ1) is 17.6. The second kappa shape index (κ2) is 20.9. The van der Waals surface area contributed by atoms with E-state index in [0.717, 1.165) is 19.3 Å². The molecule has 11 heteroatoms. The fraction of sp³-hybridized carbons (Fsp3) is 0.571. The summed E-state index contributed by atoms with van der Waals surface area (Å²) < 4.78 is 72.4. The van der Waals surface area contributed by atoms with Gasteiger partial charge in [0.15, 0.2) is 0 Å². The predicted octanol–water partition coefficient (Wildman–Crippen LogP) is 6.70. The van der Waals surface area contributed by atoms with Gasteiger partial charge in [-0.2, -0.15) is 16.8 Å². The number of hydrogen-bond donors (Lipinski definition) is 2. The Balaban J connectivity index is 0.00000722. The maximum atomic E-state index is 12.0. The summed E-state index contributed by atoms with van der Waals surface area (Å²) in [6.45, 7) is 2.24. The van der Waals surface area contributed by atoms with E-state index in [1.165, 1.54) is 101 Å². The van der Waals surface area contributed by atoms with Gasteiger partial charge in [0, 0.05) is 5.56 Å². The van der Waals surface area contributed by atoms with Crippen LogP contribution in [0.1, 0.15) is 102 Å².